The molecule has 1 heterocycles. The predicted octanol–water partition coefficient (Wildman–Crippen LogP) is -3.10. The number of aromatic nitrogens is 3. The Hall–Kier alpha value is -3.05. The number of primary amides is 1. The minimum Gasteiger partial charge on any atom is -0.449 e. The highest BCUT2D eigenvalue weighted by Crippen LogP contribution is 1.80. The number of hydrazine groups is 1. The Labute approximate surface area is 103 Å². The third kappa shape index (κ3) is 3.21. The van der Waals surface area contributed by atoms with E-state index in [0.717, 1.165) is 0 Å². The lowest BCUT2D eigenvalue weighted by molar-refractivity contribution is 0.147. The molecule has 0 bridgehead atoms. The molecule has 1 aromatic rings. The Balaban J connectivity index is 3.25. The third-order valence-electron chi connectivity index (χ3n) is 1.71. The van der Waals surface area contributed by atoms with Crippen molar-refractivity contribution in [3.63, 3.8) is 0 Å². The van der Waals surface area contributed by atoms with Crippen LogP contribution >= 0.6 is 0 Å². The Morgan fingerprint density at radius 2 is 1.84 bits per heavy atom. The summed E-state index contributed by atoms with van der Waals surface area (Å²) in [5, 5.41) is 0.0924. The van der Waals surface area contributed by atoms with Gasteiger partial charge in [0.25, 0.3) is 0 Å². The molecule has 0 spiro atoms. The van der Waals surface area contributed by atoms with Crippen LogP contribution in [0, 0.1) is 0 Å². The van der Waals surface area contributed by atoms with Crippen LogP contribution in [-0.4, -0.2) is 33.4 Å². The first-order chi connectivity index (χ1) is 8.86. The zero-order chi connectivity index (χ0) is 14.6. The van der Waals surface area contributed by atoms with Gasteiger partial charge in [0.05, 0.1) is 6.61 Å². The fraction of sp³-hybridized carbons (Fsp3) is 0.286. The number of carbonyl (C=O) groups is 2. The number of nitrogens with zero attached hydrogens (tertiary/aromatic N) is 2. The molecule has 5 N–H and O–H groups in total. The summed E-state index contributed by atoms with van der Waals surface area (Å²) in [4.78, 5) is 59.2. The van der Waals surface area contributed by atoms with Gasteiger partial charge < -0.3 is 10.5 Å². The van der Waals surface area contributed by atoms with Gasteiger partial charge in [0, 0.05) is 0 Å². The number of nitrogens with one attached hydrogen (secondary N) is 3. The molecule has 0 aliphatic rings. The number of rotatable bonds is 2. The fourth-order valence-corrected chi connectivity index (χ4v) is 1.06. The Bertz CT molecular complexity index is 621. The largest absolute Gasteiger partial charge is 0.449 e. The average molecular weight is 274 g/mol. The standard InChI is InChI=1S/C7H10N6O6/c1-2-19-7(18)11-13(3(8)14)12-5(16)9-4(15)10-6(12)17/h2H2,1H3,(H2,8,14)(H,11,18)(H2,9,10,15,16,17). The summed E-state index contributed by atoms with van der Waals surface area (Å²) < 4.78 is 4.53. The van der Waals surface area contributed by atoms with Gasteiger partial charge in [-0.3, -0.25) is 9.97 Å². The van der Waals surface area contributed by atoms with E-state index < -0.39 is 29.2 Å². The minimum absolute atomic E-state index is 0.0185. The number of amides is 3. The van der Waals surface area contributed by atoms with E-state index in [1.54, 1.807) is 15.4 Å². The molecule has 0 atom stereocenters. The van der Waals surface area contributed by atoms with E-state index in [1.807, 2.05) is 0 Å². The molecule has 0 radical (unpaired) electrons. The average Bonchev–Trinajstić information content (AvgIpc) is 2.26. The molecular weight excluding hydrogens is 264 g/mol. The van der Waals surface area contributed by atoms with Gasteiger partial charge in [-0.1, -0.05) is 0 Å². The van der Waals surface area contributed by atoms with E-state index in [-0.39, 0.29) is 16.4 Å². The molecule has 0 aliphatic heterocycles. The first kappa shape index (κ1) is 14.0. The summed E-state index contributed by atoms with van der Waals surface area (Å²) in [7, 11) is 0. The predicted molar refractivity (Wildman–Crippen MR) is 59.9 cm³/mol. The van der Waals surface area contributed by atoms with Crippen LogP contribution in [0.1, 0.15) is 6.92 Å². The zero-order valence-electron chi connectivity index (χ0n) is 9.63. The van der Waals surface area contributed by atoms with Crippen molar-refractivity contribution in [3.8, 4) is 0 Å². The molecule has 104 valence electrons. The summed E-state index contributed by atoms with van der Waals surface area (Å²) in [5.74, 6) is 0. The topological polar surface area (TPSA) is 172 Å². The number of H-pyrrole nitrogens is 2. The number of hydrogen-bond acceptors (Lipinski definition) is 6. The number of nitrogens with two attached hydrogens (primary N) is 1. The van der Waals surface area contributed by atoms with Crippen LogP contribution in [0.4, 0.5) is 9.59 Å². The van der Waals surface area contributed by atoms with Crippen LogP contribution in [0.25, 0.3) is 0 Å². The quantitative estimate of drug-likeness (QED) is 0.416. The van der Waals surface area contributed by atoms with Gasteiger partial charge in [0.15, 0.2) is 0 Å². The number of hydrogen-bond donors (Lipinski definition) is 4. The van der Waals surface area contributed by atoms with E-state index in [0.29, 0.717) is 0 Å². The van der Waals surface area contributed by atoms with E-state index in [1.165, 1.54) is 6.92 Å². The number of carbonyl (C=O) groups excluding carboxylic acids is 2. The van der Waals surface area contributed by atoms with Crippen LogP contribution < -0.4 is 33.3 Å². The van der Waals surface area contributed by atoms with Crippen LogP contribution in [-0.2, 0) is 4.74 Å². The molecular formula is C7H10N6O6. The first-order valence-corrected chi connectivity index (χ1v) is 4.85. The van der Waals surface area contributed by atoms with E-state index in [4.69, 9.17) is 5.73 Å². The smallest absolute Gasteiger partial charge is 0.427 e. The molecule has 0 fully saturated rings. The Morgan fingerprint density at radius 3 is 2.26 bits per heavy atom. The van der Waals surface area contributed by atoms with Gasteiger partial charge in [-0.05, 0) is 6.92 Å². The second kappa shape index (κ2) is 5.52. The van der Waals surface area contributed by atoms with Crippen LogP contribution in [0.5, 0.6) is 0 Å². The van der Waals surface area contributed by atoms with E-state index >= 15 is 0 Å². The fourth-order valence-electron chi connectivity index (χ4n) is 1.06. The second-order valence-electron chi connectivity index (χ2n) is 2.98. The van der Waals surface area contributed by atoms with Crippen molar-refractivity contribution in [2.75, 3.05) is 11.7 Å². The van der Waals surface area contributed by atoms with Gasteiger partial charge in [0.2, 0.25) is 0 Å². The lowest BCUT2D eigenvalue weighted by Crippen LogP contribution is -2.64. The highest BCUT2D eigenvalue weighted by Gasteiger charge is 2.20. The van der Waals surface area contributed by atoms with Crippen molar-refractivity contribution < 1.29 is 14.3 Å². The zero-order valence-corrected chi connectivity index (χ0v) is 9.63. The third-order valence-corrected chi connectivity index (χ3v) is 1.71. The van der Waals surface area contributed by atoms with Crippen molar-refractivity contribution in [1.29, 1.82) is 0 Å². The Morgan fingerprint density at radius 1 is 1.32 bits per heavy atom. The lowest BCUT2D eigenvalue weighted by Gasteiger charge is -2.19. The Kier molecular flexibility index (Phi) is 4.07. The highest BCUT2D eigenvalue weighted by molar-refractivity contribution is 5.85. The molecule has 0 aliphatic carbocycles. The van der Waals surface area contributed by atoms with Crippen molar-refractivity contribution in [1.82, 2.24) is 20.1 Å². The summed E-state index contributed by atoms with van der Waals surface area (Å²) >= 11 is 0. The van der Waals surface area contributed by atoms with Crippen molar-refractivity contribution in [3.05, 3.63) is 31.5 Å². The molecule has 12 heteroatoms. The van der Waals surface area contributed by atoms with Gasteiger partial charge in [-0.2, -0.15) is 0 Å². The summed E-state index contributed by atoms with van der Waals surface area (Å²) in [6, 6.07) is -1.35. The molecule has 19 heavy (non-hydrogen) atoms. The van der Waals surface area contributed by atoms with Crippen LogP contribution in [0.2, 0.25) is 0 Å². The molecule has 0 saturated heterocycles. The van der Waals surface area contributed by atoms with Gasteiger partial charge in [-0.25, -0.2) is 29.4 Å². The second-order valence-corrected chi connectivity index (χ2v) is 2.98. The monoisotopic (exact) mass is 274 g/mol. The highest BCUT2D eigenvalue weighted by atomic mass is 16.6. The summed E-state index contributed by atoms with van der Waals surface area (Å²) in [5.41, 5.74) is 3.03. The number of aromatic amines is 2. The lowest BCUT2D eigenvalue weighted by atomic mass is 10.9. The maximum absolute atomic E-state index is 11.4. The van der Waals surface area contributed by atoms with E-state index in [9.17, 15) is 24.0 Å². The van der Waals surface area contributed by atoms with Gasteiger partial charge >= 0.3 is 29.2 Å². The normalized spacial score (nSPS) is 9.74. The maximum atomic E-state index is 11.4. The van der Waals surface area contributed by atoms with E-state index in [2.05, 4.69) is 4.74 Å². The van der Waals surface area contributed by atoms with Crippen LogP contribution in [0.3, 0.4) is 0 Å². The van der Waals surface area contributed by atoms with Crippen molar-refractivity contribution in [2.24, 2.45) is 5.73 Å². The number of urea groups is 1. The molecule has 0 unspecified atom stereocenters. The van der Waals surface area contributed by atoms with Crippen LogP contribution in [0.15, 0.2) is 14.4 Å². The molecule has 0 saturated carbocycles. The minimum atomic E-state index is -1.35. The summed E-state index contributed by atoms with van der Waals surface area (Å²) in [6.07, 6.45) is -1.13. The maximum Gasteiger partial charge on any atom is 0.427 e. The molecule has 12 nitrogen and oxygen atoms in total. The SMILES string of the molecule is CCOC(=O)NN(C(N)=O)n1c(=O)[nH]c(=O)[nH]c1=O. The van der Waals surface area contributed by atoms with Crippen molar-refractivity contribution >= 4 is 12.1 Å². The van der Waals surface area contributed by atoms with Gasteiger partial charge in [-0.15, -0.1) is 9.79 Å². The molecule has 3 amide bonds. The van der Waals surface area contributed by atoms with Gasteiger partial charge in [0.1, 0.15) is 0 Å². The molecule has 1 rings (SSSR count). The molecule has 1 aromatic heterocycles. The molecule has 0 aromatic carbocycles. The summed E-state index contributed by atoms with van der Waals surface area (Å²) in [6.45, 7) is 1.47. The first-order valence-electron chi connectivity index (χ1n) is 4.85. The number of ether oxygens (including phenoxy) is 1. The van der Waals surface area contributed by atoms with Crippen molar-refractivity contribution in [2.45, 2.75) is 6.92 Å².